The normalized spacial score (nSPS) is 32.4. The van der Waals surface area contributed by atoms with Gasteiger partial charge in [0, 0.05) is 12.1 Å². The highest BCUT2D eigenvalue weighted by Crippen LogP contribution is 2.65. The van der Waals surface area contributed by atoms with E-state index >= 15 is 0 Å². The van der Waals surface area contributed by atoms with Crippen LogP contribution in [0.3, 0.4) is 0 Å². The van der Waals surface area contributed by atoms with Crippen LogP contribution < -0.4 is 10.1 Å². The molecule has 6 rings (SSSR count). The van der Waals surface area contributed by atoms with E-state index in [1.807, 2.05) is 17.8 Å². The summed E-state index contributed by atoms with van der Waals surface area (Å²) >= 11 is 6.20. The Morgan fingerprint density at radius 3 is 2.69 bits per heavy atom. The number of rotatable bonds is 5. The number of hydrogen-bond acceptors (Lipinski definition) is 5. The number of tetrazole rings is 1. The molecular formula is C21H26ClN5O2. The summed E-state index contributed by atoms with van der Waals surface area (Å²) in [5, 5.41) is 16.6. The fraction of sp³-hybridized carbons (Fsp3) is 0.619. The van der Waals surface area contributed by atoms with Crippen molar-refractivity contribution in [2.24, 2.45) is 17.3 Å². The Labute approximate surface area is 175 Å². The Morgan fingerprint density at radius 2 is 2.07 bits per heavy atom. The number of aromatic nitrogens is 4. The van der Waals surface area contributed by atoms with Crippen molar-refractivity contribution in [2.75, 3.05) is 12.4 Å². The molecule has 2 unspecified atom stereocenters. The van der Waals surface area contributed by atoms with Crippen molar-refractivity contribution >= 4 is 23.2 Å². The fourth-order valence-corrected chi connectivity index (χ4v) is 6.88. The molecule has 8 heteroatoms. The van der Waals surface area contributed by atoms with Gasteiger partial charge in [-0.25, -0.2) is 0 Å². The number of aryl methyl sites for hydroxylation is 1. The van der Waals surface area contributed by atoms with Gasteiger partial charge in [-0.3, -0.25) is 4.79 Å². The molecule has 1 aromatic heterocycles. The van der Waals surface area contributed by atoms with Gasteiger partial charge in [-0.15, -0.1) is 10.2 Å². The first-order valence-corrected chi connectivity index (χ1v) is 10.7. The third-order valence-corrected chi connectivity index (χ3v) is 7.36. The molecule has 0 aliphatic heterocycles. The minimum atomic E-state index is -0.0744. The van der Waals surface area contributed by atoms with Gasteiger partial charge >= 0.3 is 0 Å². The van der Waals surface area contributed by atoms with Crippen LogP contribution in [0.1, 0.15) is 50.8 Å². The summed E-state index contributed by atoms with van der Waals surface area (Å²) in [4.78, 5) is 14.8. The molecule has 154 valence electrons. The van der Waals surface area contributed by atoms with Gasteiger partial charge in [0.05, 0.1) is 17.7 Å². The average Bonchev–Trinajstić information content (AvgIpc) is 3.07. The van der Waals surface area contributed by atoms with Crippen LogP contribution >= 0.6 is 11.6 Å². The maximum Gasteiger partial charge on any atom is 0.224 e. The maximum absolute atomic E-state index is 13.0. The highest BCUT2D eigenvalue weighted by molar-refractivity contribution is 6.32. The first-order valence-electron chi connectivity index (χ1n) is 10.3. The SMILES string of the molecule is COc1ccc(NC(=O)CC23CC4CC(C2)CC(n2nnc(C)n2)(C4)C3)cc1Cl. The van der Waals surface area contributed by atoms with Crippen LogP contribution in [-0.2, 0) is 10.3 Å². The van der Waals surface area contributed by atoms with E-state index in [0.717, 1.165) is 32.1 Å². The lowest BCUT2D eigenvalue weighted by molar-refractivity contribution is -0.135. The van der Waals surface area contributed by atoms with E-state index in [0.29, 0.717) is 40.5 Å². The number of anilines is 1. The van der Waals surface area contributed by atoms with Gasteiger partial charge in [-0.1, -0.05) is 11.6 Å². The van der Waals surface area contributed by atoms with Crippen LogP contribution in [0.2, 0.25) is 5.02 Å². The van der Waals surface area contributed by atoms with Crippen molar-refractivity contribution in [3.8, 4) is 5.75 Å². The smallest absolute Gasteiger partial charge is 0.224 e. The number of nitrogens with zero attached hydrogens (tertiary/aromatic N) is 4. The lowest BCUT2D eigenvalue weighted by atomic mass is 9.46. The van der Waals surface area contributed by atoms with Crippen LogP contribution in [0.4, 0.5) is 5.69 Å². The van der Waals surface area contributed by atoms with E-state index in [1.54, 1.807) is 19.2 Å². The van der Waals surface area contributed by atoms with Gasteiger partial charge in [0.25, 0.3) is 0 Å². The second kappa shape index (κ2) is 6.69. The Balaban J connectivity index is 1.35. The molecule has 1 N–H and O–H groups in total. The molecule has 2 atom stereocenters. The molecule has 4 aliphatic rings. The monoisotopic (exact) mass is 415 g/mol. The summed E-state index contributed by atoms with van der Waals surface area (Å²) in [5.74, 6) is 2.65. The second-order valence-electron chi connectivity index (χ2n) is 9.39. The quantitative estimate of drug-likeness (QED) is 0.798. The molecule has 7 nitrogen and oxygen atoms in total. The van der Waals surface area contributed by atoms with Crippen LogP contribution in [0.15, 0.2) is 18.2 Å². The first-order chi connectivity index (χ1) is 13.9. The molecule has 4 saturated carbocycles. The van der Waals surface area contributed by atoms with Crippen molar-refractivity contribution in [1.82, 2.24) is 20.2 Å². The number of carbonyl (C=O) groups is 1. The van der Waals surface area contributed by atoms with Crippen LogP contribution in [-0.4, -0.2) is 33.2 Å². The number of hydrogen-bond donors (Lipinski definition) is 1. The predicted octanol–water partition coefficient (Wildman–Crippen LogP) is 3.97. The number of carbonyl (C=O) groups excluding carboxylic acids is 1. The number of methoxy groups -OCH3 is 1. The zero-order chi connectivity index (χ0) is 20.2. The summed E-state index contributed by atoms with van der Waals surface area (Å²) in [6.45, 7) is 1.88. The van der Waals surface area contributed by atoms with Crippen molar-refractivity contribution in [3.05, 3.63) is 29.0 Å². The molecule has 2 aromatic rings. The van der Waals surface area contributed by atoms with E-state index in [1.165, 1.54) is 6.42 Å². The molecule has 0 spiro atoms. The largest absolute Gasteiger partial charge is 0.495 e. The summed E-state index contributed by atoms with van der Waals surface area (Å²) in [7, 11) is 1.58. The van der Waals surface area contributed by atoms with Gasteiger partial charge in [0.2, 0.25) is 5.91 Å². The van der Waals surface area contributed by atoms with Crippen LogP contribution in [0.25, 0.3) is 0 Å². The number of halogens is 1. The van der Waals surface area contributed by atoms with Crippen molar-refractivity contribution in [3.63, 3.8) is 0 Å². The molecular weight excluding hydrogens is 390 g/mol. The number of ether oxygens (including phenoxy) is 1. The fourth-order valence-electron chi connectivity index (χ4n) is 6.62. The Kier molecular flexibility index (Phi) is 4.35. The molecule has 4 bridgehead atoms. The zero-order valence-corrected chi connectivity index (χ0v) is 17.6. The third-order valence-electron chi connectivity index (χ3n) is 7.06. The molecule has 0 radical (unpaired) electrons. The minimum absolute atomic E-state index is 0.0198. The summed E-state index contributed by atoms with van der Waals surface area (Å²) in [6.07, 6.45) is 7.21. The van der Waals surface area contributed by atoms with Crippen molar-refractivity contribution in [1.29, 1.82) is 0 Å². The average molecular weight is 416 g/mol. The van der Waals surface area contributed by atoms with Gasteiger partial charge in [0.1, 0.15) is 5.75 Å². The Morgan fingerprint density at radius 1 is 1.31 bits per heavy atom. The van der Waals surface area contributed by atoms with Gasteiger partial charge in [0.15, 0.2) is 5.82 Å². The first kappa shape index (κ1) is 18.9. The topological polar surface area (TPSA) is 81.9 Å². The van der Waals surface area contributed by atoms with Crippen molar-refractivity contribution in [2.45, 2.75) is 57.4 Å². The minimum Gasteiger partial charge on any atom is -0.495 e. The lowest BCUT2D eigenvalue weighted by Gasteiger charge is -2.61. The van der Waals surface area contributed by atoms with Crippen molar-refractivity contribution < 1.29 is 9.53 Å². The van der Waals surface area contributed by atoms with Crippen LogP contribution in [0, 0.1) is 24.2 Å². The maximum atomic E-state index is 13.0. The summed E-state index contributed by atoms with van der Waals surface area (Å²) < 4.78 is 5.19. The van der Waals surface area contributed by atoms with E-state index in [4.69, 9.17) is 16.3 Å². The van der Waals surface area contributed by atoms with E-state index in [9.17, 15) is 4.79 Å². The van der Waals surface area contributed by atoms with E-state index in [2.05, 4.69) is 20.7 Å². The van der Waals surface area contributed by atoms with Gasteiger partial charge in [-0.05, 0) is 86.1 Å². The Bertz CT molecular complexity index is 944. The zero-order valence-electron chi connectivity index (χ0n) is 16.8. The highest BCUT2D eigenvalue weighted by Gasteiger charge is 2.59. The second-order valence-corrected chi connectivity index (χ2v) is 9.79. The third kappa shape index (κ3) is 3.29. The summed E-state index contributed by atoms with van der Waals surface area (Å²) in [6, 6.07) is 5.34. The molecule has 4 aliphatic carbocycles. The lowest BCUT2D eigenvalue weighted by Crippen LogP contribution is -2.57. The molecule has 1 amide bonds. The van der Waals surface area contributed by atoms with Gasteiger partial charge in [-0.2, -0.15) is 4.80 Å². The molecule has 0 saturated heterocycles. The van der Waals surface area contributed by atoms with Crippen LogP contribution in [0.5, 0.6) is 5.75 Å². The van der Waals surface area contributed by atoms with E-state index in [-0.39, 0.29) is 16.9 Å². The molecule has 1 aromatic carbocycles. The number of benzene rings is 1. The molecule has 4 fully saturated rings. The standard InChI is InChI=1S/C21H26ClN5O2/c1-13-24-26-27(25-13)21-9-14-5-15(10-21)8-20(7-14,12-21)11-19(28)23-16-3-4-18(29-2)17(22)6-16/h3-4,6,14-15H,5,7-12H2,1-2H3,(H,23,28). The highest BCUT2D eigenvalue weighted by atomic mass is 35.5. The Hall–Kier alpha value is -2.15. The summed E-state index contributed by atoms with van der Waals surface area (Å²) in [5.41, 5.74) is 0.648. The number of nitrogens with one attached hydrogen (secondary N) is 1. The molecule has 1 heterocycles. The predicted molar refractivity (Wildman–Crippen MR) is 109 cm³/mol. The van der Waals surface area contributed by atoms with Gasteiger partial charge < -0.3 is 10.1 Å². The van der Waals surface area contributed by atoms with E-state index < -0.39 is 0 Å². The number of amides is 1. The molecule has 29 heavy (non-hydrogen) atoms.